The highest BCUT2D eigenvalue weighted by Gasteiger charge is 2.14. The highest BCUT2D eigenvalue weighted by molar-refractivity contribution is 6.17. The Bertz CT molecular complexity index is 1260. The molecular weight excluding hydrogens is 417 g/mol. The Balaban J connectivity index is 1.55. The molecule has 0 atom stereocenters. The van der Waals surface area contributed by atoms with Gasteiger partial charge in [0.1, 0.15) is 5.75 Å². The molecule has 0 amide bonds. The van der Waals surface area contributed by atoms with Gasteiger partial charge in [0.25, 0.3) is 0 Å². The van der Waals surface area contributed by atoms with Crippen LogP contribution in [0.4, 0.5) is 17.1 Å². The van der Waals surface area contributed by atoms with Crippen molar-refractivity contribution in [3.05, 3.63) is 133 Å². The molecule has 1 radical (unpaired) electrons. The molecule has 0 aliphatic carbocycles. The van der Waals surface area contributed by atoms with Gasteiger partial charge in [-0.25, -0.2) is 0 Å². The lowest BCUT2D eigenvalue weighted by atomic mass is 10.0. The molecule has 0 spiro atoms. The van der Waals surface area contributed by atoms with Gasteiger partial charge in [0.2, 0.25) is 0 Å². The Morgan fingerprint density at radius 2 is 0.941 bits per heavy atom. The number of nitrogens with zero attached hydrogens (tertiary/aromatic N) is 1. The zero-order valence-electron chi connectivity index (χ0n) is 18.6. The largest absolute Gasteiger partial charge is 0.569 e. The molecule has 0 bridgehead atoms. The predicted octanol–water partition coefficient (Wildman–Crippen LogP) is 7.40. The van der Waals surface area contributed by atoms with E-state index in [1.165, 1.54) is 11.1 Å². The van der Waals surface area contributed by atoms with Crippen LogP contribution in [-0.2, 0) is 0 Å². The second kappa shape index (κ2) is 10.1. The van der Waals surface area contributed by atoms with Gasteiger partial charge in [0.15, 0.2) is 0 Å². The van der Waals surface area contributed by atoms with Crippen LogP contribution >= 0.6 is 0 Å². The Labute approximate surface area is 200 Å². The number of anilines is 3. The van der Waals surface area contributed by atoms with Gasteiger partial charge in [-0.1, -0.05) is 91.0 Å². The van der Waals surface area contributed by atoms with Crippen molar-refractivity contribution < 1.29 is 9.68 Å². The van der Waals surface area contributed by atoms with Crippen molar-refractivity contribution in [2.45, 2.75) is 0 Å². The molecule has 5 rings (SSSR count). The molecule has 34 heavy (non-hydrogen) atoms. The van der Waals surface area contributed by atoms with Gasteiger partial charge in [-0.05, 0) is 58.7 Å². The maximum absolute atomic E-state index is 9.10. The van der Waals surface area contributed by atoms with Crippen LogP contribution in [0.1, 0.15) is 0 Å². The summed E-state index contributed by atoms with van der Waals surface area (Å²) in [6.07, 6.45) is 0. The molecule has 4 heteroatoms. The molecule has 1 N–H and O–H groups in total. The summed E-state index contributed by atoms with van der Waals surface area (Å²) >= 11 is 0. The van der Waals surface area contributed by atoms with Crippen LogP contribution in [0.15, 0.2) is 133 Å². The third-order valence-corrected chi connectivity index (χ3v) is 5.73. The van der Waals surface area contributed by atoms with Crippen LogP contribution in [0.25, 0.3) is 22.3 Å². The lowest BCUT2D eigenvalue weighted by Crippen LogP contribution is -2.10. The van der Waals surface area contributed by atoms with Crippen LogP contribution in [0.5, 0.6) is 5.75 Å². The first-order valence-electron chi connectivity index (χ1n) is 11.2. The summed E-state index contributed by atoms with van der Waals surface area (Å²) in [5, 5.41) is 9.10. The number of rotatable bonds is 7. The predicted molar refractivity (Wildman–Crippen MR) is 141 cm³/mol. The fourth-order valence-corrected chi connectivity index (χ4v) is 4.07. The first-order valence-corrected chi connectivity index (χ1v) is 11.2. The molecule has 0 heterocycles. The van der Waals surface area contributed by atoms with Gasteiger partial charge in [-0.2, -0.15) is 0 Å². The van der Waals surface area contributed by atoms with Crippen molar-refractivity contribution in [1.29, 1.82) is 0 Å². The third-order valence-electron chi connectivity index (χ3n) is 5.73. The van der Waals surface area contributed by atoms with Crippen molar-refractivity contribution in [1.82, 2.24) is 0 Å². The van der Waals surface area contributed by atoms with Crippen LogP contribution in [0, 0.1) is 0 Å². The quantitative estimate of drug-likeness (QED) is 0.268. The summed E-state index contributed by atoms with van der Waals surface area (Å²) < 4.78 is 5.23. The number of benzene rings is 5. The standard InChI is InChI=1S/C30H23BNO2/c33-31-34-30-13-7-12-29(22-30)32(27-18-14-25(15-19-27)23-8-3-1-4-9-23)28-20-16-26(17-21-28)24-10-5-2-6-11-24/h1-22,33H. The van der Waals surface area contributed by atoms with E-state index < -0.39 is 0 Å². The zero-order valence-corrected chi connectivity index (χ0v) is 18.6. The highest BCUT2D eigenvalue weighted by atomic mass is 16.5. The first-order chi connectivity index (χ1) is 16.8. The summed E-state index contributed by atoms with van der Waals surface area (Å²) in [5.74, 6) is 0.562. The topological polar surface area (TPSA) is 32.7 Å². The lowest BCUT2D eigenvalue weighted by Gasteiger charge is -2.26. The van der Waals surface area contributed by atoms with E-state index in [2.05, 4.69) is 77.7 Å². The molecule has 0 aliphatic rings. The second-order valence-electron chi connectivity index (χ2n) is 7.88. The number of hydrogen-bond donors (Lipinski definition) is 1. The minimum atomic E-state index is 0.562. The molecule has 163 valence electrons. The average molecular weight is 440 g/mol. The van der Waals surface area contributed by atoms with Crippen molar-refractivity contribution in [2.75, 3.05) is 4.90 Å². The van der Waals surface area contributed by atoms with Crippen LogP contribution in [0.3, 0.4) is 0 Å². The van der Waals surface area contributed by atoms with E-state index in [1.54, 1.807) is 0 Å². The average Bonchev–Trinajstić information content (AvgIpc) is 2.91. The van der Waals surface area contributed by atoms with Crippen molar-refractivity contribution in [3.8, 4) is 28.0 Å². The Morgan fingerprint density at radius 3 is 1.41 bits per heavy atom. The minimum Gasteiger partial charge on any atom is -0.537 e. The highest BCUT2D eigenvalue weighted by Crippen LogP contribution is 2.37. The summed E-state index contributed by atoms with van der Waals surface area (Å²) in [7, 11) is 0.701. The molecule has 0 fully saturated rings. The van der Waals surface area contributed by atoms with Gasteiger partial charge in [0.05, 0.1) is 0 Å². The second-order valence-corrected chi connectivity index (χ2v) is 7.88. The Kier molecular flexibility index (Phi) is 6.41. The van der Waals surface area contributed by atoms with Gasteiger partial charge >= 0.3 is 7.69 Å². The maximum atomic E-state index is 9.10. The van der Waals surface area contributed by atoms with Crippen molar-refractivity contribution in [3.63, 3.8) is 0 Å². The molecule has 0 saturated heterocycles. The molecule has 3 nitrogen and oxygen atoms in total. The fraction of sp³-hybridized carbons (Fsp3) is 0. The maximum Gasteiger partial charge on any atom is 0.569 e. The molecule has 5 aromatic carbocycles. The smallest absolute Gasteiger partial charge is 0.537 e. The normalized spacial score (nSPS) is 10.5. The van der Waals surface area contributed by atoms with Crippen LogP contribution < -0.4 is 9.55 Å². The van der Waals surface area contributed by atoms with Crippen molar-refractivity contribution in [2.24, 2.45) is 0 Å². The van der Waals surface area contributed by atoms with E-state index in [1.807, 2.05) is 60.7 Å². The van der Waals surface area contributed by atoms with E-state index in [0.29, 0.717) is 13.4 Å². The lowest BCUT2D eigenvalue weighted by molar-refractivity contribution is 0.454. The minimum absolute atomic E-state index is 0.562. The molecule has 0 aliphatic heterocycles. The van der Waals surface area contributed by atoms with E-state index in [9.17, 15) is 0 Å². The summed E-state index contributed by atoms with van der Waals surface area (Å²) in [5.41, 5.74) is 7.67. The van der Waals surface area contributed by atoms with Crippen LogP contribution in [0.2, 0.25) is 0 Å². The molecule has 5 aromatic rings. The molecular formula is C30H23BNO2. The molecule has 0 aromatic heterocycles. The van der Waals surface area contributed by atoms with Crippen LogP contribution in [-0.4, -0.2) is 12.7 Å². The van der Waals surface area contributed by atoms with Crippen molar-refractivity contribution >= 4 is 24.7 Å². The zero-order chi connectivity index (χ0) is 23.2. The summed E-state index contributed by atoms with van der Waals surface area (Å²) in [6, 6.07) is 45.4. The monoisotopic (exact) mass is 440 g/mol. The van der Waals surface area contributed by atoms with Gasteiger partial charge in [-0.3, -0.25) is 0 Å². The summed E-state index contributed by atoms with van der Waals surface area (Å²) in [4.78, 5) is 2.17. The van der Waals surface area contributed by atoms with Gasteiger partial charge in [-0.15, -0.1) is 0 Å². The van der Waals surface area contributed by atoms with Gasteiger partial charge < -0.3 is 14.6 Å². The SMILES string of the molecule is O[B]Oc1cccc(N(c2ccc(-c3ccccc3)cc2)c2ccc(-c3ccccc3)cc2)c1. The summed E-state index contributed by atoms with van der Waals surface area (Å²) in [6.45, 7) is 0. The van der Waals surface area contributed by atoms with E-state index in [4.69, 9.17) is 9.68 Å². The molecule has 0 unspecified atom stereocenters. The fourth-order valence-electron chi connectivity index (χ4n) is 4.07. The Hall–Kier alpha value is -4.28. The van der Waals surface area contributed by atoms with Gasteiger partial charge in [0, 0.05) is 23.1 Å². The molecule has 0 saturated carbocycles. The van der Waals surface area contributed by atoms with E-state index in [-0.39, 0.29) is 0 Å². The number of hydrogen-bond acceptors (Lipinski definition) is 3. The first kappa shape index (κ1) is 21.6. The Morgan fingerprint density at radius 1 is 0.471 bits per heavy atom. The van der Waals surface area contributed by atoms with E-state index >= 15 is 0 Å². The van der Waals surface area contributed by atoms with E-state index in [0.717, 1.165) is 28.2 Å². The third kappa shape index (κ3) is 4.73.